The van der Waals surface area contributed by atoms with Crippen LogP contribution in [0.4, 0.5) is 0 Å². The van der Waals surface area contributed by atoms with Crippen molar-refractivity contribution in [3.63, 3.8) is 0 Å². The first-order valence-electron chi connectivity index (χ1n) is 7.55. The van der Waals surface area contributed by atoms with Crippen LogP contribution >= 0.6 is 0 Å². The van der Waals surface area contributed by atoms with Crippen LogP contribution in [0.3, 0.4) is 0 Å². The average Bonchev–Trinajstić information content (AvgIpc) is 2.38. The maximum absolute atomic E-state index is 5.75. The van der Waals surface area contributed by atoms with Crippen LogP contribution in [-0.2, 0) is 16.7 Å². The lowest BCUT2D eigenvalue weighted by atomic mass is 9.87. The molecule has 1 saturated heterocycles. The maximum Gasteiger partial charge on any atom is 0.0826 e. The molecule has 0 amide bonds. The lowest BCUT2D eigenvalue weighted by Crippen LogP contribution is -2.44. The van der Waals surface area contributed by atoms with E-state index in [9.17, 15) is 0 Å². The van der Waals surface area contributed by atoms with Crippen molar-refractivity contribution in [3.8, 4) is 0 Å². The summed E-state index contributed by atoms with van der Waals surface area (Å²) in [5.41, 5.74) is 2.95. The lowest BCUT2D eigenvalue weighted by Gasteiger charge is -2.30. The number of ether oxygens (including phenoxy) is 1. The van der Waals surface area contributed by atoms with Gasteiger partial charge in [-0.3, -0.25) is 0 Å². The van der Waals surface area contributed by atoms with E-state index in [1.165, 1.54) is 11.1 Å². The fourth-order valence-electron chi connectivity index (χ4n) is 2.49. The predicted octanol–water partition coefficient (Wildman–Crippen LogP) is 2.40. The van der Waals surface area contributed by atoms with Crippen LogP contribution in [0.15, 0.2) is 24.3 Å². The highest BCUT2D eigenvalue weighted by atomic mass is 16.5. The summed E-state index contributed by atoms with van der Waals surface area (Å²) in [6.45, 7) is 11.5. The summed E-state index contributed by atoms with van der Waals surface area (Å²) in [4.78, 5) is 2.33. The fourth-order valence-corrected chi connectivity index (χ4v) is 2.49. The second-order valence-electron chi connectivity index (χ2n) is 6.83. The number of nitrogens with one attached hydrogen (secondary N) is 1. The molecule has 1 atom stereocenters. The molecule has 0 radical (unpaired) electrons. The zero-order valence-electron chi connectivity index (χ0n) is 13.3. The Balaban J connectivity index is 1.77. The van der Waals surface area contributed by atoms with Crippen molar-refractivity contribution in [2.24, 2.45) is 0 Å². The highest BCUT2D eigenvalue weighted by Gasteiger charge is 2.17. The Kier molecular flexibility index (Phi) is 5.19. The second-order valence-corrected chi connectivity index (χ2v) is 6.83. The number of hydrogen-bond donors (Lipinski definition) is 1. The Bertz CT molecular complexity index is 408. The summed E-state index contributed by atoms with van der Waals surface area (Å²) in [7, 11) is 2.15. The summed E-state index contributed by atoms with van der Waals surface area (Å²) in [5, 5.41) is 3.50. The van der Waals surface area contributed by atoms with Crippen LogP contribution in [0.5, 0.6) is 0 Å². The SMILES string of the molecule is CN1CCOC(CNCc2ccc(C(C)(C)C)cc2)C1. The smallest absolute Gasteiger partial charge is 0.0826 e. The highest BCUT2D eigenvalue weighted by Crippen LogP contribution is 2.22. The van der Waals surface area contributed by atoms with Gasteiger partial charge >= 0.3 is 0 Å². The third kappa shape index (κ3) is 4.58. The largest absolute Gasteiger partial charge is 0.374 e. The van der Waals surface area contributed by atoms with Gasteiger partial charge in [-0.25, -0.2) is 0 Å². The van der Waals surface area contributed by atoms with Crippen LogP contribution in [0.25, 0.3) is 0 Å². The molecule has 0 saturated carbocycles. The monoisotopic (exact) mass is 276 g/mol. The lowest BCUT2D eigenvalue weighted by molar-refractivity contribution is -0.0182. The van der Waals surface area contributed by atoms with Crippen LogP contribution in [0, 0.1) is 0 Å². The molecule has 0 aromatic heterocycles. The van der Waals surface area contributed by atoms with Gasteiger partial charge in [0.25, 0.3) is 0 Å². The molecule has 20 heavy (non-hydrogen) atoms. The van der Waals surface area contributed by atoms with Crippen LogP contribution < -0.4 is 5.32 Å². The normalized spacial score (nSPS) is 21.1. The summed E-state index contributed by atoms with van der Waals surface area (Å²) in [6, 6.07) is 8.92. The molecule has 0 spiro atoms. The third-order valence-corrected chi connectivity index (χ3v) is 3.86. The zero-order valence-corrected chi connectivity index (χ0v) is 13.3. The molecule has 1 fully saturated rings. The van der Waals surface area contributed by atoms with Crippen molar-refractivity contribution in [1.29, 1.82) is 0 Å². The first kappa shape index (κ1) is 15.5. The topological polar surface area (TPSA) is 24.5 Å². The minimum Gasteiger partial charge on any atom is -0.374 e. The minimum absolute atomic E-state index is 0.229. The Hall–Kier alpha value is -0.900. The van der Waals surface area contributed by atoms with E-state index in [1.54, 1.807) is 0 Å². The molecule has 0 bridgehead atoms. The minimum atomic E-state index is 0.229. The summed E-state index contributed by atoms with van der Waals surface area (Å²) >= 11 is 0. The standard InChI is InChI=1S/C17H28N2O/c1-17(2,3)15-7-5-14(6-8-15)11-18-12-16-13-19(4)9-10-20-16/h5-8,16,18H,9-13H2,1-4H3. The molecule has 0 aliphatic carbocycles. The van der Waals surface area contributed by atoms with E-state index in [4.69, 9.17) is 4.74 Å². The molecular weight excluding hydrogens is 248 g/mol. The fraction of sp³-hybridized carbons (Fsp3) is 0.647. The van der Waals surface area contributed by atoms with Crippen LogP contribution in [0.2, 0.25) is 0 Å². The van der Waals surface area contributed by atoms with Crippen molar-refractivity contribution < 1.29 is 4.74 Å². The van der Waals surface area contributed by atoms with Gasteiger partial charge in [0.05, 0.1) is 12.7 Å². The molecular formula is C17H28N2O. The van der Waals surface area contributed by atoms with Gasteiger partial charge in [0.15, 0.2) is 0 Å². The summed E-state index contributed by atoms with van der Waals surface area (Å²) in [5.74, 6) is 0. The predicted molar refractivity (Wildman–Crippen MR) is 84.1 cm³/mol. The maximum atomic E-state index is 5.75. The van der Waals surface area contributed by atoms with Crippen molar-refractivity contribution >= 4 is 0 Å². The van der Waals surface area contributed by atoms with Crippen molar-refractivity contribution in [2.45, 2.75) is 38.8 Å². The summed E-state index contributed by atoms with van der Waals surface area (Å²) < 4.78 is 5.75. The van der Waals surface area contributed by atoms with Gasteiger partial charge in [0.2, 0.25) is 0 Å². The molecule has 1 aromatic rings. The first-order chi connectivity index (χ1) is 9.45. The molecule has 1 N–H and O–H groups in total. The Morgan fingerprint density at radius 3 is 2.55 bits per heavy atom. The Morgan fingerprint density at radius 1 is 1.25 bits per heavy atom. The van der Waals surface area contributed by atoms with E-state index in [0.717, 1.165) is 32.8 Å². The zero-order chi connectivity index (χ0) is 14.6. The summed E-state index contributed by atoms with van der Waals surface area (Å²) in [6.07, 6.45) is 0.322. The van der Waals surface area contributed by atoms with Gasteiger partial charge < -0.3 is 15.0 Å². The molecule has 1 aliphatic heterocycles. The molecule has 1 aromatic carbocycles. The van der Waals surface area contributed by atoms with Crippen molar-refractivity contribution in [2.75, 3.05) is 33.3 Å². The van der Waals surface area contributed by atoms with Crippen molar-refractivity contribution in [3.05, 3.63) is 35.4 Å². The number of likely N-dealkylation sites (N-methyl/N-ethyl adjacent to an activating group) is 1. The molecule has 1 aliphatic rings. The molecule has 1 unspecified atom stereocenters. The quantitative estimate of drug-likeness (QED) is 0.914. The van der Waals surface area contributed by atoms with E-state index >= 15 is 0 Å². The van der Waals surface area contributed by atoms with E-state index < -0.39 is 0 Å². The van der Waals surface area contributed by atoms with Gasteiger partial charge in [-0.05, 0) is 23.6 Å². The molecule has 112 valence electrons. The number of rotatable bonds is 4. The van der Waals surface area contributed by atoms with E-state index in [1.807, 2.05) is 0 Å². The van der Waals surface area contributed by atoms with E-state index in [-0.39, 0.29) is 5.41 Å². The number of hydrogen-bond acceptors (Lipinski definition) is 3. The molecule has 3 heteroatoms. The van der Waals surface area contributed by atoms with Gasteiger partial charge in [-0.15, -0.1) is 0 Å². The molecule has 3 nitrogen and oxygen atoms in total. The average molecular weight is 276 g/mol. The van der Waals surface area contributed by atoms with Crippen LogP contribution in [-0.4, -0.2) is 44.3 Å². The van der Waals surface area contributed by atoms with Gasteiger partial charge in [-0.1, -0.05) is 45.0 Å². The van der Waals surface area contributed by atoms with E-state index in [0.29, 0.717) is 6.10 Å². The Morgan fingerprint density at radius 2 is 1.95 bits per heavy atom. The number of nitrogens with zero attached hydrogens (tertiary/aromatic N) is 1. The molecule has 2 rings (SSSR count). The highest BCUT2D eigenvalue weighted by molar-refractivity contribution is 5.27. The van der Waals surface area contributed by atoms with Gasteiger partial charge in [0.1, 0.15) is 0 Å². The third-order valence-electron chi connectivity index (χ3n) is 3.86. The number of benzene rings is 1. The second kappa shape index (κ2) is 6.70. The first-order valence-corrected chi connectivity index (χ1v) is 7.55. The van der Waals surface area contributed by atoms with E-state index in [2.05, 4.69) is 62.3 Å². The van der Waals surface area contributed by atoms with Gasteiger partial charge in [-0.2, -0.15) is 0 Å². The van der Waals surface area contributed by atoms with Crippen LogP contribution in [0.1, 0.15) is 31.9 Å². The molecule has 1 heterocycles. The van der Waals surface area contributed by atoms with Crippen molar-refractivity contribution in [1.82, 2.24) is 10.2 Å². The van der Waals surface area contributed by atoms with Gasteiger partial charge in [0, 0.05) is 26.2 Å². The Labute approximate surface area is 123 Å². The number of morpholine rings is 1.